The molecule has 35 heavy (non-hydrogen) atoms. The van der Waals surface area contributed by atoms with Crippen LogP contribution in [-0.2, 0) is 0 Å². The zero-order chi connectivity index (χ0) is 25.7. The SMILES string of the molecule is Cc1cc(C)c(N(C)C(=O)c2cc(C)c3c(c2C)O[C@@](C)(C2CCC(NC(=O)O)CC2)O3)c(=O)[nH]1. The van der Waals surface area contributed by atoms with Crippen molar-refractivity contribution < 1.29 is 24.2 Å². The van der Waals surface area contributed by atoms with Gasteiger partial charge in [-0.3, -0.25) is 9.59 Å². The Kier molecular flexibility index (Phi) is 6.29. The molecule has 9 nitrogen and oxygen atoms in total. The molecule has 3 N–H and O–H groups in total. The standard InChI is InChI=1S/C26H33N3O6/c1-13-11-15(3)27-23(30)20(13)29(6)24(31)19-12-14(2)21-22(16(19)4)35-26(5,34-21)17-7-9-18(10-8-17)28-25(32)33/h11-12,17-18,28H,7-10H2,1-6H3,(H,27,30)(H,32,33)/t17?,18?,26-/m0/s1. The fraction of sp³-hybridized carbons (Fsp3) is 0.500. The Morgan fingerprint density at radius 2 is 1.69 bits per heavy atom. The van der Waals surface area contributed by atoms with Gasteiger partial charge in [0.25, 0.3) is 17.3 Å². The van der Waals surface area contributed by atoms with E-state index in [1.54, 1.807) is 20.0 Å². The summed E-state index contributed by atoms with van der Waals surface area (Å²) < 4.78 is 12.8. The smallest absolute Gasteiger partial charge is 0.404 e. The summed E-state index contributed by atoms with van der Waals surface area (Å²) in [5.74, 6) is 0.0491. The molecule has 1 aliphatic carbocycles. The van der Waals surface area contributed by atoms with E-state index in [4.69, 9.17) is 14.6 Å². The first-order valence-electron chi connectivity index (χ1n) is 11.9. The number of hydrogen-bond acceptors (Lipinski definition) is 5. The fourth-order valence-corrected chi connectivity index (χ4v) is 5.41. The number of H-pyrrole nitrogens is 1. The molecule has 4 rings (SSSR count). The highest BCUT2D eigenvalue weighted by Crippen LogP contribution is 2.50. The van der Waals surface area contributed by atoms with Crippen molar-refractivity contribution in [3.05, 3.63) is 50.4 Å². The first-order chi connectivity index (χ1) is 16.4. The number of rotatable bonds is 4. The van der Waals surface area contributed by atoms with Gasteiger partial charge in [-0.15, -0.1) is 0 Å². The summed E-state index contributed by atoms with van der Waals surface area (Å²) in [6.07, 6.45) is 1.95. The summed E-state index contributed by atoms with van der Waals surface area (Å²) in [6.45, 7) is 9.23. The Labute approximate surface area is 204 Å². The molecule has 2 amide bonds. The zero-order valence-corrected chi connectivity index (χ0v) is 21.1. The van der Waals surface area contributed by atoms with Gasteiger partial charge in [0.05, 0.1) is 0 Å². The lowest BCUT2D eigenvalue weighted by atomic mass is 9.81. The van der Waals surface area contributed by atoms with Crippen molar-refractivity contribution in [2.24, 2.45) is 5.92 Å². The molecule has 0 saturated heterocycles. The predicted molar refractivity (Wildman–Crippen MR) is 132 cm³/mol. The van der Waals surface area contributed by atoms with Gasteiger partial charge in [0.15, 0.2) is 11.5 Å². The number of carboxylic acid groups (broad SMARTS) is 1. The normalized spacial score (nSPS) is 23.1. The molecule has 1 aromatic heterocycles. The first-order valence-corrected chi connectivity index (χ1v) is 11.9. The lowest BCUT2D eigenvalue weighted by Gasteiger charge is -2.37. The van der Waals surface area contributed by atoms with E-state index in [-0.39, 0.29) is 23.4 Å². The number of nitrogens with one attached hydrogen (secondary N) is 2. The predicted octanol–water partition coefficient (Wildman–Crippen LogP) is 4.20. The molecule has 0 radical (unpaired) electrons. The summed E-state index contributed by atoms with van der Waals surface area (Å²) in [5, 5.41) is 11.6. The van der Waals surface area contributed by atoms with Crippen LogP contribution in [0.25, 0.3) is 0 Å². The van der Waals surface area contributed by atoms with Gasteiger partial charge < -0.3 is 29.8 Å². The first kappa shape index (κ1) is 24.6. The van der Waals surface area contributed by atoms with Crippen LogP contribution in [-0.4, -0.2) is 41.0 Å². The molecule has 1 aliphatic heterocycles. The third-order valence-electron chi connectivity index (χ3n) is 7.28. The van der Waals surface area contributed by atoms with E-state index in [1.807, 2.05) is 33.8 Å². The number of hydrogen-bond donors (Lipinski definition) is 3. The van der Waals surface area contributed by atoms with E-state index in [0.717, 1.165) is 29.7 Å². The number of fused-ring (bicyclic) bond motifs is 1. The highest BCUT2D eigenvalue weighted by Gasteiger charge is 2.47. The van der Waals surface area contributed by atoms with Crippen molar-refractivity contribution in [3.63, 3.8) is 0 Å². The van der Waals surface area contributed by atoms with Gasteiger partial charge in [-0.1, -0.05) is 0 Å². The van der Waals surface area contributed by atoms with E-state index >= 15 is 0 Å². The molecule has 2 aromatic rings. The van der Waals surface area contributed by atoms with Crippen LogP contribution < -0.4 is 25.2 Å². The number of carbonyl (C=O) groups excluding carboxylic acids is 1. The summed E-state index contributed by atoms with van der Waals surface area (Å²) in [7, 11) is 1.60. The number of aryl methyl sites for hydroxylation is 3. The van der Waals surface area contributed by atoms with Crippen molar-refractivity contribution in [2.75, 3.05) is 11.9 Å². The maximum atomic E-state index is 13.5. The van der Waals surface area contributed by atoms with Crippen molar-refractivity contribution in [1.82, 2.24) is 10.3 Å². The number of anilines is 1. The van der Waals surface area contributed by atoms with Gasteiger partial charge in [0.2, 0.25) is 0 Å². The maximum absolute atomic E-state index is 13.5. The number of nitrogens with zero attached hydrogens (tertiary/aromatic N) is 1. The maximum Gasteiger partial charge on any atom is 0.404 e. The van der Waals surface area contributed by atoms with Crippen LogP contribution in [0.1, 0.15) is 65.3 Å². The monoisotopic (exact) mass is 483 g/mol. The van der Waals surface area contributed by atoms with Crippen LogP contribution in [0.3, 0.4) is 0 Å². The van der Waals surface area contributed by atoms with Crippen molar-refractivity contribution in [3.8, 4) is 11.5 Å². The van der Waals surface area contributed by atoms with E-state index in [2.05, 4.69) is 10.3 Å². The van der Waals surface area contributed by atoms with Crippen molar-refractivity contribution >= 4 is 17.7 Å². The molecular formula is C26H33N3O6. The van der Waals surface area contributed by atoms with Crippen LogP contribution in [0.4, 0.5) is 10.5 Å². The number of benzene rings is 1. The fourth-order valence-electron chi connectivity index (χ4n) is 5.41. The highest BCUT2D eigenvalue weighted by atomic mass is 16.7. The summed E-state index contributed by atoms with van der Waals surface area (Å²) in [6, 6.07) is 3.56. The molecule has 2 heterocycles. The largest absolute Gasteiger partial charge is 0.465 e. The van der Waals surface area contributed by atoms with Crippen LogP contribution in [0.5, 0.6) is 11.5 Å². The Morgan fingerprint density at radius 1 is 1.06 bits per heavy atom. The molecule has 1 fully saturated rings. The molecule has 1 atom stereocenters. The van der Waals surface area contributed by atoms with Crippen LogP contribution in [0.15, 0.2) is 16.9 Å². The zero-order valence-electron chi connectivity index (χ0n) is 21.1. The molecule has 1 aromatic carbocycles. The lowest BCUT2D eigenvalue weighted by Crippen LogP contribution is -2.47. The molecule has 0 spiro atoms. The minimum Gasteiger partial charge on any atom is -0.465 e. The summed E-state index contributed by atoms with van der Waals surface area (Å²) in [5.41, 5.74) is 3.35. The van der Waals surface area contributed by atoms with Gasteiger partial charge in [0.1, 0.15) is 5.69 Å². The Morgan fingerprint density at radius 3 is 2.29 bits per heavy atom. The third kappa shape index (κ3) is 4.47. The average Bonchev–Trinajstić information content (AvgIpc) is 3.15. The number of aromatic nitrogens is 1. The third-order valence-corrected chi connectivity index (χ3v) is 7.28. The van der Waals surface area contributed by atoms with E-state index in [9.17, 15) is 14.4 Å². The Bertz CT molecular complexity index is 1240. The molecule has 0 unspecified atom stereocenters. The Hall–Kier alpha value is -3.49. The summed E-state index contributed by atoms with van der Waals surface area (Å²) >= 11 is 0. The second-order valence-corrected chi connectivity index (χ2v) is 9.92. The van der Waals surface area contributed by atoms with Gasteiger partial charge in [-0.05, 0) is 76.6 Å². The second kappa shape index (κ2) is 8.94. The van der Waals surface area contributed by atoms with Gasteiger partial charge in [-0.2, -0.15) is 0 Å². The van der Waals surface area contributed by atoms with E-state index in [0.29, 0.717) is 41.2 Å². The number of pyridine rings is 1. The van der Waals surface area contributed by atoms with E-state index in [1.165, 1.54) is 4.90 Å². The lowest BCUT2D eigenvalue weighted by molar-refractivity contribution is -0.121. The minimum atomic E-state index is -1.00. The van der Waals surface area contributed by atoms with E-state index < -0.39 is 11.9 Å². The highest BCUT2D eigenvalue weighted by molar-refractivity contribution is 6.07. The number of aromatic amines is 1. The molecule has 188 valence electrons. The topological polar surface area (TPSA) is 121 Å². The van der Waals surface area contributed by atoms with Crippen LogP contribution >= 0.6 is 0 Å². The minimum absolute atomic E-state index is 0.0623. The average molecular weight is 484 g/mol. The molecule has 0 bridgehead atoms. The van der Waals surface area contributed by atoms with Crippen molar-refractivity contribution in [2.45, 2.75) is 72.1 Å². The number of amides is 2. The van der Waals surface area contributed by atoms with Crippen LogP contribution in [0, 0.1) is 33.6 Å². The number of carbonyl (C=O) groups is 2. The Balaban J connectivity index is 1.59. The molecular weight excluding hydrogens is 450 g/mol. The van der Waals surface area contributed by atoms with Crippen LogP contribution in [0.2, 0.25) is 0 Å². The quantitative estimate of drug-likeness (QED) is 0.599. The van der Waals surface area contributed by atoms with Gasteiger partial charge in [-0.25, -0.2) is 4.79 Å². The van der Waals surface area contributed by atoms with Crippen molar-refractivity contribution in [1.29, 1.82) is 0 Å². The molecule has 1 saturated carbocycles. The van der Waals surface area contributed by atoms with Gasteiger partial charge in [0, 0.05) is 42.8 Å². The molecule has 9 heteroatoms. The number of ether oxygens (including phenoxy) is 2. The molecule has 2 aliphatic rings. The van der Waals surface area contributed by atoms with Gasteiger partial charge >= 0.3 is 6.09 Å². The summed E-state index contributed by atoms with van der Waals surface area (Å²) in [4.78, 5) is 41.2. The second-order valence-electron chi connectivity index (χ2n) is 9.92.